The van der Waals surface area contributed by atoms with Gasteiger partial charge in [0.2, 0.25) is 5.91 Å². The van der Waals surface area contributed by atoms with Crippen molar-refractivity contribution in [2.75, 3.05) is 26.2 Å². The molecule has 0 radical (unpaired) electrons. The van der Waals surface area contributed by atoms with Gasteiger partial charge in [0.05, 0.1) is 28.5 Å². The van der Waals surface area contributed by atoms with E-state index in [4.69, 9.17) is 4.98 Å². The van der Waals surface area contributed by atoms with Crippen LogP contribution in [0.4, 0.5) is 0 Å². The molecule has 0 spiro atoms. The van der Waals surface area contributed by atoms with Crippen LogP contribution in [0.1, 0.15) is 82.3 Å². The highest BCUT2D eigenvalue weighted by Crippen LogP contribution is 2.38. The van der Waals surface area contributed by atoms with Crippen molar-refractivity contribution in [2.24, 2.45) is 11.8 Å². The van der Waals surface area contributed by atoms with Gasteiger partial charge in [-0.3, -0.25) is 9.78 Å². The second-order valence-electron chi connectivity index (χ2n) is 14.5. The summed E-state index contributed by atoms with van der Waals surface area (Å²) in [5, 5.41) is 15.9. The van der Waals surface area contributed by atoms with Crippen LogP contribution in [-0.2, 0) is 16.6 Å². The Morgan fingerprint density at radius 1 is 0.913 bits per heavy atom. The summed E-state index contributed by atoms with van der Waals surface area (Å²) in [6.07, 6.45) is 2.83. The summed E-state index contributed by atoms with van der Waals surface area (Å²) in [5.74, 6) is 1.12. The third kappa shape index (κ3) is 7.33. The lowest BCUT2D eigenvalue weighted by atomic mass is 9.85. The van der Waals surface area contributed by atoms with Crippen molar-refractivity contribution in [1.82, 2.24) is 35.6 Å². The Morgan fingerprint density at radius 2 is 1.59 bits per heavy atom. The zero-order valence-electron chi connectivity index (χ0n) is 29.1. The molecule has 244 valence electrons. The summed E-state index contributed by atoms with van der Waals surface area (Å²) >= 11 is 0. The number of fused-ring (bicyclic) bond motifs is 2. The first kappa shape index (κ1) is 33.3. The number of carbonyl (C=O) groups is 1. The number of carbonyl (C=O) groups excluding carboxylic acids is 1. The molecule has 0 aliphatic rings. The molecule has 8 nitrogen and oxygen atoms in total. The maximum atomic E-state index is 14.1. The Labute approximate surface area is 273 Å². The lowest BCUT2D eigenvalue weighted by Gasteiger charge is -2.34. The van der Waals surface area contributed by atoms with Crippen LogP contribution in [0.5, 0.6) is 0 Å². The second-order valence-corrected chi connectivity index (χ2v) is 14.5. The molecule has 1 amide bonds. The number of hydrogen-bond acceptors (Lipinski definition) is 5. The van der Waals surface area contributed by atoms with Gasteiger partial charge in [-0.1, -0.05) is 57.9 Å². The second kappa shape index (κ2) is 13.8. The third-order valence-electron chi connectivity index (χ3n) is 8.78. The molecule has 0 saturated heterocycles. The average Bonchev–Trinajstić information content (AvgIpc) is 3.61. The van der Waals surface area contributed by atoms with E-state index >= 15 is 0 Å². The molecule has 0 aliphatic heterocycles. The first-order valence-corrected chi connectivity index (χ1v) is 16.7. The summed E-state index contributed by atoms with van der Waals surface area (Å²) < 4.78 is 0. The van der Waals surface area contributed by atoms with Crippen molar-refractivity contribution >= 4 is 27.8 Å². The van der Waals surface area contributed by atoms with Crippen LogP contribution in [0.15, 0.2) is 48.7 Å². The highest BCUT2D eigenvalue weighted by atomic mass is 16.2. The van der Waals surface area contributed by atoms with Crippen LogP contribution >= 0.6 is 0 Å². The van der Waals surface area contributed by atoms with E-state index in [1.165, 1.54) is 27.8 Å². The number of benzene rings is 2. The van der Waals surface area contributed by atoms with E-state index in [1.807, 2.05) is 31.0 Å². The minimum Gasteiger partial charge on any atom is -0.353 e. The van der Waals surface area contributed by atoms with Crippen LogP contribution in [0.3, 0.4) is 0 Å². The molecular weight excluding hydrogens is 570 g/mol. The number of hydrogen-bond donors (Lipinski definition) is 3. The minimum absolute atomic E-state index is 0.131. The van der Waals surface area contributed by atoms with Crippen LogP contribution < -0.4 is 5.32 Å². The van der Waals surface area contributed by atoms with Gasteiger partial charge in [-0.05, 0) is 105 Å². The van der Waals surface area contributed by atoms with E-state index in [1.54, 1.807) is 0 Å². The third-order valence-corrected chi connectivity index (χ3v) is 8.78. The minimum atomic E-state index is -0.765. The number of nitrogens with zero attached hydrogens (tertiary/aromatic N) is 4. The van der Waals surface area contributed by atoms with Crippen molar-refractivity contribution in [2.45, 2.75) is 80.1 Å². The summed E-state index contributed by atoms with van der Waals surface area (Å²) in [6.45, 7) is 22.4. The Morgan fingerprint density at radius 3 is 2.26 bits per heavy atom. The highest BCUT2D eigenvalue weighted by Gasteiger charge is 2.36. The molecule has 46 heavy (non-hydrogen) atoms. The van der Waals surface area contributed by atoms with Crippen LogP contribution in [0, 0.1) is 25.7 Å². The maximum absolute atomic E-state index is 14.1. The quantitative estimate of drug-likeness (QED) is 0.118. The number of aromatic amines is 2. The lowest BCUT2D eigenvalue weighted by Crippen LogP contribution is -2.46. The number of aromatic nitrogens is 5. The van der Waals surface area contributed by atoms with Gasteiger partial charge in [0.1, 0.15) is 11.0 Å². The number of pyridine rings is 1. The fraction of sp³-hybridized carbons (Fsp3) is 0.474. The van der Waals surface area contributed by atoms with Gasteiger partial charge in [0, 0.05) is 25.0 Å². The van der Waals surface area contributed by atoms with Crippen molar-refractivity contribution < 1.29 is 4.79 Å². The van der Waals surface area contributed by atoms with Gasteiger partial charge >= 0.3 is 0 Å². The summed E-state index contributed by atoms with van der Waals surface area (Å²) in [7, 11) is 0. The van der Waals surface area contributed by atoms with Gasteiger partial charge in [0.25, 0.3) is 0 Å². The van der Waals surface area contributed by atoms with E-state index in [0.717, 1.165) is 65.9 Å². The summed E-state index contributed by atoms with van der Waals surface area (Å²) in [6, 6.07) is 15.1. The smallest absolute Gasteiger partial charge is 0.234 e. The predicted molar refractivity (Wildman–Crippen MR) is 189 cm³/mol. The highest BCUT2D eigenvalue weighted by molar-refractivity contribution is 5.93. The topological polar surface area (TPSA) is 103 Å². The predicted octanol–water partition coefficient (Wildman–Crippen LogP) is 7.47. The monoisotopic (exact) mass is 621 g/mol. The first-order chi connectivity index (χ1) is 21.8. The van der Waals surface area contributed by atoms with Crippen LogP contribution in [-0.4, -0.2) is 62.4 Å². The molecule has 0 saturated carbocycles. The largest absolute Gasteiger partial charge is 0.353 e. The molecule has 3 aromatic heterocycles. The SMILES string of the molecule is Cc1cc(C)cc(-c2[nH]c3cnc(C(C)(C)C(=O)N(CC(C)C)CC(C)C)cc3c2C(C)CNCCc2ccc3n[nH]nc3c2)c1. The number of rotatable bonds is 13. The van der Waals surface area contributed by atoms with Gasteiger partial charge in [-0.25, -0.2) is 0 Å². The molecule has 1 atom stereocenters. The fourth-order valence-corrected chi connectivity index (χ4v) is 6.64. The number of amides is 1. The molecule has 3 N–H and O–H groups in total. The number of nitrogens with one attached hydrogen (secondary N) is 3. The van der Waals surface area contributed by atoms with Gasteiger partial charge in [-0.2, -0.15) is 15.4 Å². The van der Waals surface area contributed by atoms with E-state index in [0.29, 0.717) is 11.8 Å². The van der Waals surface area contributed by atoms with Crippen molar-refractivity contribution in [3.63, 3.8) is 0 Å². The molecule has 8 heteroatoms. The molecule has 0 aliphatic carbocycles. The molecule has 3 heterocycles. The van der Waals surface area contributed by atoms with Crippen LogP contribution in [0.25, 0.3) is 33.2 Å². The Balaban J connectivity index is 1.46. The molecule has 2 aromatic carbocycles. The Hall–Kier alpha value is -4.04. The Kier molecular flexibility index (Phi) is 9.96. The van der Waals surface area contributed by atoms with Crippen molar-refractivity contribution in [3.8, 4) is 11.3 Å². The number of H-pyrrole nitrogens is 2. The van der Waals surface area contributed by atoms with E-state index < -0.39 is 5.41 Å². The van der Waals surface area contributed by atoms with E-state index in [-0.39, 0.29) is 11.8 Å². The standard InChI is InChI=1S/C38H51N7O/c1-23(2)21-45(22-24(3)4)37(46)38(8,9)34-18-30-33(20-40-34)41-36(29-15-25(5)14-26(6)16-29)35(30)27(7)19-39-13-12-28-10-11-31-32(17-28)43-44-42-31/h10-11,14-18,20,23-24,27,39,41H,12-13,19,21-22H2,1-9H3,(H,42,43,44). The molecule has 5 aromatic rings. The van der Waals surface area contributed by atoms with Crippen LogP contribution in [0.2, 0.25) is 0 Å². The molecule has 1 unspecified atom stereocenters. The summed E-state index contributed by atoms with van der Waals surface area (Å²) in [5.41, 5.74) is 10.1. The average molecular weight is 622 g/mol. The zero-order chi connectivity index (χ0) is 33.2. The first-order valence-electron chi connectivity index (χ1n) is 16.7. The van der Waals surface area contributed by atoms with Gasteiger partial charge in [0.15, 0.2) is 0 Å². The molecule has 5 rings (SSSR count). The molecule has 0 bridgehead atoms. The zero-order valence-corrected chi connectivity index (χ0v) is 29.1. The maximum Gasteiger partial charge on any atom is 0.234 e. The normalized spacial score (nSPS) is 12.9. The van der Waals surface area contributed by atoms with Crippen molar-refractivity contribution in [3.05, 3.63) is 76.6 Å². The molecular formula is C38H51N7O. The van der Waals surface area contributed by atoms with E-state index in [9.17, 15) is 4.79 Å². The van der Waals surface area contributed by atoms with Gasteiger partial charge < -0.3 is 15.2 Å². The molecule has 0 fully saturated rings. The lowest BCUT2D eigenvalue weighted by molar-refractivity contribution is -0.137. The Bertz CT molecular complexity index is 1780. The van der Waals surface area contributed by atoms with Crippen molar-refractivity contribution in [1.29, 1.82) is 0 Å². The number of aryl methyl sites for hydroxylation is 2. The van der Waals surface area contributed by atoms with E-state index in [2.05, 4.69) is 111 Å². The summed E-state index contributed by atoms with van der Waals surface area (Å²) in [4.78, 5) is 24.8. The van der Waals surface area contributed by atoms with Gasteiger partial charge in [-0.15, -0.1) is 0 Å². The fourth-order valence-electron chi connectivity index (χ4n) is 6.64.